The van der Waals surface area contributed by atoms with Gasteiger partial charge in [0.1, 0.15) is 60.7 Å². The van der Waals surface area contributed by atoms with E-state index < -0.39 is 35.7 Å². The van der Waals surface area contributed by atoms with Gasteiger partial charge in [-0.1, -0.05) is 257 Å². The second kappa shape index (κ2) is 62.1. The molecule has 0 saturated heterocycles. The highest BCUT2D eigenvalue weighted by Crippen LogP contribution is 2.43. The number of carbonyl (C=O) groups excluding carboxylic acids is 1. The number of benzene rings is 12. The average molecular weight is 2000 g/mol. The molecule has 5 N–H and O–H groups in total. The predicted molar refractivity (Wildman–Crippen MR) is 602 cm³/mol. The first-order valence-electron chi connectivity index (χ1n) is 50.6. The molecule has 6 saturated carbocycles. The monoisotopic (exact) mass is 2000 g/mol. The fraction of sp³-hybridized carbons (Fsp3) is 0.385. The lowest BCUT2D eigenvalue weighted by atomic mass is 10.00. The minimum absolute atomic E-state index is 0.158. The van der Waals surface area contributed by atoms with Crippen molar-refractivity contribution >= 4 is 105 Å². The van der Waals surface area contributed by atoms with Crippen molar-refractivity contribution in [2.75, 3.05) is 36.5 Å². The fourth-order valence-electron chi connectivity index (χ4n) is 17.9. The van der Waals surface area contributed by atoms with Crippen LogP contribution in [0.1, 0.15) is 207 Å². The number of aliphatic carboxylic acids is 2. The van der Waals surface area contributed by atoms with E-state index in [1.807, 2.05) is 12.5 Å². The maximum absolute atomic E-state index is 11.4. The summed E-state index contributed by atoms with van der Waals surface area (Å²) >= 11 is 0. The summed E-state index contributed by atoms with van der Waals surface area (Å²) in [5.74, 6) is -0.244. The Hall–Kier alpha value is -8.39. The van der Waals surface area contributed by atoms with Crippen molar-refractivity contribution < 1.29 is 29.3 Å². The van der Waals surface area contributed by atoms with E-state index in [0.717, 1.165) is 43.0 Å². The van der Waals surface area contributed by atoms with Crippen LogP contribution in [-0.2, 0) is 101 Å². The van der Waals surface area contributed by atoms with Crippen molar-refractivity contribution in [1.29, 1.82) is 0 Å². The molecule has 2 unspecified atom stereocenters. The first-order valence-corrected chi connectivity index (χ1v) is 62.8. The lowest BCUT2D eigenvalue weighted by Crippen LogP contribution is -2.44. The van der Waals surface area contributed by atoms with Gasteiger partial charge in [0.2, 0.25) is 0 Å². The summed E-state index contributed by atoms with van der Waals surface area (Å²) in [5, 5.41) is 24.8. The molecule has 8 nitrogen and oxygen atoms in total. The fourth-order valence-corrected chi connectivity index (χ4v) is 35.7. The van der Waals surface area contributed by atoms with E-state index >= 15 is 0 Å². The molecule has 18 rings (SSSR count). The minimum atomic E-state index is -1.03. The van der Waals surface area contributed by atoms with Gasteiger partial charge in [-0.25, -0.2) is 9.59 Å². The molecule has 0 aliphatic heterocycles. The normalized spacial score (nSPS) is 15.9. The second-order valence-electron chi connectivity index (χ2n) is 37.7. The molecule has 0 spiro atoms. The summed E-state index contributed by atoms with van der Waals surface area (Å²) in [6, 6.07) is 131. The summed E-state index contributed by atoms with van der Waals surface area (Å²) in [7, 11) is 2.09. The highest BCUT2D eigenvalue weighted by atomic mass is 32.2. The number of carboxylic acids is 2. The topological polar surface area (TPSA) is 139 Å². The van der Waals surface area contributed by atoms with Gasteiger partial charge in [0, 0.05) is 25.7 Å². The van der Waals surface area contributed by atoms with Crippen LogP contribution in [0.2, 0.25) is 0 Å². The quantitative estimate of drug-likeness (QED) is 0.0297. The minimum Gasteiger partial charge on any atom is -0.480 e. The van der Waals surface area contributed by atoms with Gasteiger partial charge in [-0.3, -0.25) is 4.79 Å². The first-order chi connectivity index (χ1) is 67.3. The zero-order chi connectivity index (χ0) is 97.2. The molecule has 138 heavy (non-hydrogen) atoms. The average Bonchev–Trinajstić information content (AvgIpc) is 1.82. The van der Waals surface area contributed by atoms with Gasteiger partial charge in [-0.05, 0) is 310 Å². The van der Waals surface area contributed by atoms with Gasteiger partial charge in [0.15, 0.2) is 58.7 Å². The highest BCUT2D eigenvalue weighted by molar-refractivity contribution is 7.99. The zero-order valence-electron chi connectivity index (χ0n) is 83.1. The number of amides is 1. The van der Waals surface area contributed by atoms with Gasteiger partial charge in [0.05, 0.1) is 90.4 Å². The molecule has 2 atom stereocenters. The van der Waals surface area contributed by atoms with Crippen LogP contribution in [0.4, 0.5) is 4.79 Å². The number of ether oxygens (including phenoxy) is 1. The Morgan fingerprint density at radius 2 is 0.435 bits per heavy atom. The summed E-state index contributed by atoms with van der Waals surface area (Å²) in [5.41, 5.74) is 4.65. The molecule has 0 aromatic heterocycles. The van der Waals surface area contributed by atoms with Crippen LogP contribution < -0.4 is 11.1 Å². The maximum atomic E-state index is 11.4. The maximum Gasteiger partial charge on any atom is 0.408 e. The molecular weight excluding hydrogens is 1850 g/mol. The molecule has 6 aliphatic carbocycles. The Bertz CT molecular complexity index is 4970. The van der Waals surface area contributed by atoms with E-state index in [9.17, 15) is 14.4 Å². The van der Waals surface area contributed by atoms with Crippen LogP contribution >= 0.6 is 0 Å². The van der Waals surface area contributed by atoms with E-state index in [1.54, 1.807) is 20.8 Å². The Kier molecular flexibility index (Phi) is 49.5. The van der Waals surface area contributed by atoms with Crippen LogP contribution in [0.25, 0.3) is 0 Å². The van der Waals surface area contributed by atoms with Crippen LogP contribution in [0.15, 0.2) is 423 Å². The molecule has 6 aliphatic rings. The molecule has 0 bridgehead atoms. The van der Waals surface area contributed by atoms with Crippen molar-refractivity contribution in [3.05, 3.63) is 364 Å². The van der Waals surface area contributed by atoms with Gasteiger partial charge in [0.25, 0.3) is 0 Å². The Balaban J connectivity index is 0.000000152. The van der Waals surface area contributed by atoms with Crippen molar-refractivity contribution in [3.63, 3.8) is 0 Å². The van der Waals surface area contributed by atoms with Crippen LogP contribution in [0.5, 0.6) is 0 Å². The number of carbonyl (C=O) groups is 3. The Labute approximate surface area is 853 Å². The lowest BCUT2D eigenvalue weighted by molar-refractivity contribution is -0.140. The molecule has 16 heteroatoms. The molecule has 1 amide bonds. The predicted octanol–water partition coefficient (Wildman–Crippen LogP) is 30.1. The summed E-state index contributed by atoms with van der Waals surface area (Å²) in [6.45, 7) is 5.20. The number of hydrogen-bond donors (Lipinski definition) is 4. The van der Waals surface area contributed by atoms with E-state index in [1.165, 1.54) is 232 Å². The second-order valence-corrected chi connectivity index (χ2v) is 56.2. The molecule has 12 aromatic rings. The van der Waals surface area contributed by atoms with Crippen LogP contribution in [0, 0.1) is 0 Å². The van der Waals surface area contributed by atoms with E-state index in [-0.39, 0.29) is 54.5 Å². The number of rotatable bonds is 27. The third kappa shape index (κ3) is 38.8. The Morgan fingerprint density at radius 1 is 0.268 bits per heavy atom. The standard InChI is InChI=1S/C20H25S.C19H23S.C18H21S.C17H19S.C16H17S.C15H15S.C11H21NO4S.C6H13NO2S/c1-2-6-12-18(13-7-3-1)21(19-14-8-4-9-15-19)20-16-10-5-11-17-20;1-2-6-12-17(11-5-1)20(18-13-7-3-8-14-18)19-15-9-4-10-16-19;1-4-10-16(11-5-1)19(17-12-6-2-7-13-17)18-14-8-3-9-15-18;1-3-9-15(10-4-1)18(17-13-7-8-14-17)16-11-5-2-6-12-16;1-3-8-14(9-4-1)17(16-12-7-13-16)15-10-5-2-6-11-15;1-3-7-13(8-4-1)16(15-11-12-15)14-9-5-2-6-10-14;1-11(2,3)16-10(15)12-8(9(13)14)6-7-17(4)5;1-10(2)4-3-5(7)6(8)9/h4-5,8-11,14-18H,1-3,6-7,12-13H2;3-4,7-10,13-17H,1-2,5-6,11-12H2;1-2,4-7,10-13,18H,3,8-9,14-15H2;1-6,9-12,17H,7-8,13-14H2;1-6,8-11,16H,7,12-13H2;1-10,15H,11-12H2;8H,6-7H2,1-5H3,(H-,12,13,14,15);5H,3-4,7H2,1-2H3/q6*+1;;/p+2. The number of hydrogen-bond acceptors (Lipinski definition) is 5. The number of carboxylic acid groups (broad SMARTS) is 2. The molecule has 0 radical (unpaired) electrons. The smallest absolute Gasteiger partial charge is 0.408 e. The van der Waals surface area contributed by atoms with Crippen LogP contribution in [0.3, 0.4) is 0 Å². The first kappa shape index (κ1) is 110. The van der Waals surface area contributed by atoms with Crippen molar-refractivity contribution in [3.8, 4) is 0 Å². The SMILES string of the molecule is C[S+](C)CCC(N)C(=O)O.C[S+](C)CCC(NC(=O)OC(C)(C)C)C(=O)O.c1ccc([S+](c2ccccc2)C2CC2)cc1.c1ccc([S+](c2ccccc2)C2CCC2)cc1.c1ccc([S+](c2ccccc2)C2CCCC2)cc1.c1ccc([S+](c2ccccc2)C2CCCCC2)cc1.c1ccc([S+](c2ccccc2)C2CCCCCC2)cc1.c1ccc([S+](c2ccccc2)C2CCCCCCC2)cc1. The van der Waals surface area contributed by atoms with Gasteiger partial charge in [-0.15, -0.1) is 0 Å². The van der Waals surface area contributed by atoms with Gasteiger partial charge < -0.3 is 26.0 Å². The third-order valence-corrected chi connectivity index (χ3v) is 43.5. The van der Waals surface area contributed by atoms with E-state index in [4.69, 9.17) is 20.7 Å². The van der Waals surface area contributed by atoms with Crippen molar-refractivity contribution in [2.24, 2.45) is 5.73 Å². The third-order valence-electron chi connectivity index (χ3n) is 25.2. The number of alkyl carbamates (subject to hydrolysis) is 1. The van der Waals surface area contributed by atoms with E-state index in [0.29, 0.717) is 45.5 Å². The van der Waals surface area contributed by atoms with Gasteiger partial charge >= 0.3 is 18.0 Å². The number of nitrogens with two attached hydrogens (primary N) is 1. The zero-order valence-corrected chi connectivity index (χ0v) is 89.6. The molecule has 0 heterocycles. The van der Waals surface area contributed by atoms with Crippen LogP contribution in [-0.4, -0.2) is 114 Å². The highest BCUT2D eigenvalue weighted by Gasteiger charge is 2.45. The van der Waals surface area contributed by atoms with E-state index in [2.05, 4.69) is 382 Å². The summed E-state index contributed by atoms with van der Waals surface area (Å²) in [4.78, 5) is 50.7. The Morgan fingerprint density at radius 3 is 0.594 bits per heavy atom. The lowest BCUT2D eigenvalue weighted by Gasteiger charge is -2.25. The molecule has 6 fully saturated rings. The van der Waals surface area contributed by atoms with Gasteiger partial charge in [-0.2, -0.15) is 0 Å². The number of nitrogens with one attached hydrogen (secondary N) is 1. The molecule has 730 valence electrons. The molecule has 12 aromatic carbocycles. The van der Waals surface area contributed by atoms with Crippen molar-refractivity contribution in [2.45, 2.75) is 315 Å². The molecular formula is C122H156N2O6S8+8. The largest absolute Gasteiger partial charge is 0.480 e. The van der Waals surface area contributed by atoms with Crippen molar-refractivity contribution in [1.82, 2.24) is 5.32 Å². The summed E-state index contributed by atoms with van der Waals surface area (Å²) < 4.78 is 5.01. The summed E-state index contributed by atoms with van der Waals surface area (Å²) in [6.07, 6.45) is 46.6.